The Bertz CT molecular complexity index is 227. The van der Waals surface area contributed by atoms with Crippen molar-refractivity contribution in [1.82, 2.24) is 9.80 Å². The molecule has 0 aliphatic carbocycles. The van der Waals surface area contributed by atoms with Crippen molar-refractivity contribution in [1.29, 1.82) is 0 Å². The quantitative estimate of drug-likeness (QED) is 0.541. The fourth-order valence-corrected chi connectivity index (χ4v) is 2.20. The lowest BCUT2D eigenvalue weighted by atomic mass is 10.1. The number of nitrogens with zero attached hydrogens (tertiary/aromatic N) is 2. The first-order chi connectivity index (χ1) is 7.19. The van der Waals surface area contributed by atoms with Crippen molar-refractivity contribution in [3.8, 4) is 0 Å². The van der Waals surface area contributed by atoms with Crippen LogP contribution in [0.4, 0.5) is 0 Å². The van der Waals surface area contributed by atoms with Crippen LogP contribution in [0.3, 0.4) is 0 Å². The molecule has 4 nitrogen and oxygen atoms in total. The van der Waals surface area contributed by atoms with Crippen molar-refractivity contribution in [2.24, 2.45) is 5.73 Å². The summed E-state index contributed by atoms with van der Waals surface area (Å²) in [7, 11) is 0. The summed E-state index contributed by atoms with van der Waals surface area (Å²) in [5, 5.41) is 0. The Morgan fingerprint density at radius 1 is 1.47 bits per heavy atom. The first kappa shape index (κ1) is 12.4. The SMILES string of the molecule is CCCC(C(N)=S)N1CCN(C=O)CC1. The Hall–Kier alpha value is -0.680. The molecule has 0 aromatic heterocycles. The van der Waals surface area contributed by atoms with Gasteiger partial charge in [-0.1, -0.05) is 25.6 Å². The molecule has 1 heterocycles. The number of amides is 1. The van der Waals surface area contributed by atoms with Crippen LogP contribution in [-0.4, -0.2) is 53.4 Å². The fraction of sp³-hybridized carbons (Fsp3) is 0.800. The van der Waals surface area contributed by atoms with E-state index in [0.717, 1.165) is 45.4 Å². The molecule has 2 N–H and O–H groups in total. The number of hydrogen-bond donors (Lipinski definition) is 1. The van der Waals surface area contributed by atoms with Gasteiger partial charge >= 0.3 is 0 Å². The van der Waals surface area contributed by atoms with Gasteiger partial charge in [-0.05, 0) is 6.42 Å². The lowest BCUT2D eigenvalue weighted by Gasteiger charge is -2.37. The summed E-state index contributed by atoms with van der Waals surface area (Å²) in [5.41, 5.74) is 5.73. The first-order valence-corrected chi connectivity index (χ1v) is 5.82. The van der Waals surface area contributed by atoms with Crippen LogP contribution in [0, 0.1) is 0 Å². The van der Waals surface area contributed by atoms with Crippen LogP contribution >= 0.6 is 12.2 Å². The van der Waals surface area contributed by atoms with E-state index < -0.39 is 0 Å². The van der Waals surface area contributed by atoms with Gasteiger partial charge in [-0.15, -0.1) is 0 Å². The average Bonchev–Trinajstić information content (AvgIpc) is 2.26. The Morgan fingerprint density at radius 2 is 2.07 bits per heavy atom. The van der Waals surface area contributed by atoms with Crippen LogP contribution in [-0.2, 0) is 4.79 Å². The molecule has 1 fully saturated rings. The van der Waals surface area contributed by atoms with Gasteiger partial charge in [0.15, 0.2) is 0 Å². The minimum atomic E-state index is 0.207. The third-order valence-electron chi connectivity index (χ3n) is 2.83. The van der Waals surface area contributed by atoms with Gasteiger partial charge in [-0.3, -0.25) is 9.69 Å². The molecule has 0 spiro atoms. The summed E-state index contributed by atoms with van der Waals surface area (Å²) in [6.07, 6.45) is 3.00. The Morgan fingerprint density at radius 3 is 2.47 bits per heavy atom. The van der Waals surface area contributed by atoms with Crippen LogP contribution in [0.15, 0.2) is 0 Å². The van der Waals surface area contributed by atoms with E-state index in [1.807, 2.05) is 0 Å². The van der Waals surface area contributed by atoms with E-state index in [9.17, 15) is 4.79 Å². The standard InChI is InChI=1S/C10H19N3OS/c1-2-3-9(10(11)15)13-6-4-12(8-14)5-7-13/h8-9H,2-7H2,1H3,(H2,11,15). The van der Waals surface area contributed by atoms with Gasteiger partial charge in [-0.25, -0.2) is 0 Å². The van der Waals surface area contributed by atoms with E-state index in [1.54, 1.807) is 4.90 Å². The topological polar surface area (TPSA) is 49.6 Å². The van der Waals surface area contributed by atoms with Crippen molar-refractivity contribution in [2.75, 3.05) is 26.2 Å². The van der Waals surface area contributed by atoms with Crippen molar-refractivity contribution < 1.29 is 4.79 Å². The summed E-state index contributed by atoms with van der Waals surface area (Å²) in [6.45, 7) is 5.45. The summed E-state index contributed by atoms with van der Waals surface area (Å²) < 4.78 is 0. The van der Waals surface area contributed by atoms with Gasteiger partial charge in [0.25, 0.3) is 0 Å². The molecule has 86 valence electrons. The molecule has 0 saturated carbocycles. The first-order valence-electron chi connectivity index (χ1n) is 5.41. The molecular weight excluding hydrogens is 210 g/mol. The molecule has 1 unspecified atom stereocenters. The highest BCUT2D eigenvalue weighted by Gasteiger charge is 2.24. The number of carbonyl (C=O) groups excluding carboxylic acids is 1. The lowest BCUT2D eigenvalue weighted by Crippen LogP contribution is -2.53. The summed E-state index contributed by atoms with van der Waals surface area (Å²) in [4.78, 5) is 15.2. The van der Waals surface area contributed by atoms with Gasteiger partial charge < -0.3 is 10.6 Å². The van der Waals surface area contributed by atoms with Crippen molar-refractivity contribution in [2.45, 2.75) is 25.8 Å². The molecule has 15 heavy (non-hydrogen) atoms. The van der Waals surface area contributed by atoms with E-state index in [1.165, 1.54) is 0 Å². The average molecular weight is 229 g/mol. The zero-order chi connectivity index (χ0) is 11.3. The minimum Gasteiger partial charge on any atom is -0.392 e. The number of carbonyl (C=O) groups is 1. The molecule has 1 saturated heterocycles. The Labute approximate surface area is 96.4 Å². The molecule has 0 bridgehead atoms. The highest BCUT2D eigenvalue weighted by atomic mass is 32.1. The van der Waals surface area contributed by atoms with Gasteiger partial charge in [0.1, 0.15) is 0 Å². The van der Waals surface area contributed by atoms with Gasteiger partial charge in [0.2, 0.25) is 6.41 Å². The molecule has 0 aromatic rings. The van der Waals surface area contributed by atoms with Crippen LogP contribution in [0.5, 0.6) is 0 Å². The third kappa shape index (κ3) is 3.43. The van der Waals surface area contributed by atoms with Crippen LogP contribution in [0.2, 0.25) is 0 Å². The minimum absolute atomic E-state index is 0.207. The monoisotopic (exact) mass is 229 g/mol. The van der Waals surface area contributed by atoms with Gasteiger partial charge in [0.05, 0.1) is 11.0 Å². The maximum atomic E-state index is 10.6. The number of thiocarbonyl (C=S) groups is 1. The smallest absolute Gasteiger partial charge is 0.209 e. The van der Waals surface area contributed by atoms with Crippen LogP contribution < -0.4 is 5.73 Å². The maximum absolute atomic E-state index is 10.6. The largest absolute Gasteiger partial charge is 0.392 e. The molecule has 1 aliphatic rings. The molecular formula is C10H19N3OS. The van der Waals surface area contributed by atoms with Crippen LogP contribution in [0.1, 0.15) is 19.8 Å². The third-order valence-corrected chi connectivity index (χ3v) is 3.10. The zero-order valence-electron chi connectivity index (χ0n) is 9.19. The molecule has 1 aliphatic heterocycles. The Balaban J connectivity index is 2.48. The number of piperazine rings is 1. The van der Waals surface area contributed by atoms with Crippen molar-refractivity contribution >= 4 is 23.6 Å². The predicted molar refractivity (Wildman–Crippen MR) is 64.7 cm³/mol. The summed E-state index contributed by atoms with van der Waals surface area (Å²) in [6, 6.07) is 0.207. The number of hydrogen-bond acceptors (Lipinski definition) is 3. The van der Waals surface area contributed by atoms with E-state index >= 15 is 0 Å². The summed E-state index contributed by atoms with van der Waals surface area (Å²) in [5.74, 6) is 0. The highest BCUT2D eigenvalue weighted by molar-refractivity contribution is 7.80. The zero-order valence-corrected chi connectivity index (χ0v) is 10.0. The second-order valence-electron chi connectivity index (χ2n) is 3.88. The highest BCUT2D eigenvalue weighted by Crippen LogP contribution is 2.10. The van der Waals surface area contributed by atoms with Gasteiger partial charge in [-0.2, -0.15) is 0 Å². The number of rotatable bonds is 5. The maximum Gasteiger partial charge on any atom is 0.209 e. The van der Waals surface area contributed by atoms with Crippen LogP contribution in [0.25, 0.3) is 0 Å². The molecule has 0 radical (unpaired) electrons. The predicted octanol–water partition coefficient (Wildman–Crippen LogP) is 0.215. The Kier molecular flexibility index (Phi) is 4.98. The van der Waals surface area contributed by atoms with E-state index in [-0.39, 0.29) is 6.04 Å². The van der Waals surface area contributed by atoms with Crippen molar-refractivity contribution in [3.63, 3.8) is 0 Å². The van der Waals surface area contributed by atoms with Gasteiger partial charge in [0, 0.05) is 26.2 Å². The lowest BCUT2D eigenvalue weighted by molar-refractivity contribution is -0.119. The van der Waals surface area contributed by atoms with E-state index in [2.05, 4.69) is 11.8 Å². The normalized spacial score (nSPS) is 19.9. The molecule has 1 atom stereocenters. The van der Waals surface area contributed by atoms with E-state index in [0.29, 0.717) is 4.99 Å². The summed E-state index contributed by atoms with van der Waals surface area (Å²) >= 11 is 5.07. The molecule has 5 heteroatoms. The number of nitrogens with two attached hydrogens (primary N) is 1. The fourth-order valence-electron chi connectivity index (χ4n) is 1.93. The van der Waals surface area contributed by atoms with Crippen molar-refractivity contribution in [3.05, 3.63) is 0 Å². The second-order valence-corrected chi connectivity index (χ2v) is 4.36. The molecule has 1 rings (SSSR count). The molecule has 1 amide bonds. The van der Waals surface area contributed by atoms with E-state index in [4.69, 9.17) is 18.0 Å². The molecule has 0 aromatic carbocycles. The second kappa shape index (κ2) is 6.02.